The number of rotatable bonds is 7. The van der Waals surface area contributed by atoms with E-state index in [-0.39, 0.29) is 22.6 Å². The second-order valence-electron chi connectivity index (χ2n) is 7.10. The number of hydrogen-bond acceptors (Lipinski definition) is 5. The van der Waals surface area contributed by atoms with Crippen molar-refractivity contribution < 1.29 is 36.7 Å². The number of furan rings is 1. The molecule has 3 rings (SSSR count). The van der Waals surface area contributed by atoms with Crippen LogP contribution in [0.4, 0.5) is 13.2 Å². The van der Waals surface area contributed by atoms with E-state index < -0.39 is 23.7 Å². The monoisotopic (exact) mass is 468 g/mol. The van der Waals surface area contributed by atoms with Gasteiger partial charge in [-0.05, 0) is 61.0 Å². The lowest BCUT2D eigenvalue weighted by Crippen LogP contribution is -2.11. The Bertz CT molecular complexity index is 1260. The SMILES string of the molecule is C=CC(=O)Oc1ccc(/C=C/c2ccc(-c3ccc(OC(=O)C(=C)C)cc3C(F)(F)F)o2)cc1. The van der Waals surface area contributed by atoms with Crippen molar-refractivity contribution in [3.05, 3.63) is 96.3 Å². The molecule has 174 valence electrons. The highest BCUT2D eigenvalue weighted by Gasteiger charge is 2.35. The van der Waals surface area contributed by atoms with Gasteiger partial charge >= 0.3 is 18.1 Å². The summed E-state index contributed by atoms with van der Waals surface area (Å²) in [5.74, 6) is -0.985. The number of carbonyl (C=O) groups is 2. The van der Waals surface area contributed by atoms with Crippen molar-refractivity contribution in [2.75, 3.05) is 0 Å². The zero-order valence-electron chi connectivity index (χ0n) is 18.0. The number of halogens is 3. The lowest BCUT2D eigenvalue weighted by Gasteiger charge is -2.13. The van der Waals surface area contributed by atoms with Crippen LogP contribution in [0.2, 0.25) is 0 Å². The molecular weight excluding hydrogens is 449 g/mol. The second-order valence-corrected chi connectivity index (χ2v) is 7.10. The molecule has 0 saturated carbocycles. The fourth-order valence-electron chi connectivity index (χ4n) is 2.80. The number of hydrogen-bond donors (Lipinski definition) is 0. The van der Waals surface area contributed by atoms with Gasteiger partial charge in [-0.1, -0.05) is 31.4 Å². The Morgan fingerprint density at radius 3 is 2.24 bits per heavy atom. The van der Waals surface area contributed by atoms with Crippen LogP contribution >= 0.6 is 0 Å². The number of carbonyl (C=O) groups excluding carboxylic acids is 2. The number of ether oxygens (including phenoxy) is 2. The molecule has 0 fully saturated rings. The minimum Gasteiger partial charge on any atom is -0.457 e. The maximum atomic E-state index is 13.7. The maximum Gasteiger partial charge on any atom is 0.417 e. The lowest BCUT2D eigenvalue weighted by atomic mass is 10.0. The summed E-state index contributed by atoms with van der Waals surface area (Å²) >= 11 is 0. The highest BCUT2D eigenvalue weighted by molar-refractivity contribution is 5.89. The van der Waals surface area contributed by atoms with Gasteiger partial charge in [0.15, 0.2) is 0 Å². The van der Waals surface area contributed by atoms with Crippen LogP contribution in [0.3, 0.4) is 0 Å². The van der Waals surface area contributed by atoms with Gasteiger partial charge in [0.2, 0.25) is 0 Å². The molecule has 0 aliphatic rings. The van der Waals surface area contributed by atoms with Gasteiger partial charge in [0, 0.05) is 17.2 Å². The van der Waals surface area contributed by atoms with E-state index in [1.807, 2.05) is 0 Å². The molecule has 2 aromatic carbocycles. The minimum atomic E-state index is -4.71. The molecule has 34 heavy (non-hydrogen) atoms. The average Bonchev–Trinajstić information content (AvgIpc) is 3.26. The van der Waals surface area contributed by atoms with Crippen molar-refractivity contribution in [1.82, 2.24) is 0 Å². The van der Waals surface area contributed by atoms with Crippen LogP contribution < -0.4 is 9.47 Å². The summed E-state index contributed by atoms with van der Waals surface area (Å²) in [5.41, 5.74) is -0.395. The van der Waals surface area contributed by atoms with Crippen LogP contribution in [0.25, 0.3) is 23.5 Å². The standard InChI is InChI=1S/C26H19F3O5/c1-4-24(30)33-19-9-6-17(7-10-19)5-8-18-12-14-23(32-18)21-13-11-20(34-25(31)16(2)3)15-22(21)26(27,28)29/h4-15H,1-2H2,3H3/b8-5+. The highest BCUT2D eigenvalue weighted by Crippen LogP contribution is 2.40. The quantitative estimate of drug-likeness (QED) is 0.219. The van der Waals surface area contributed by atoms with Gasteiger partial charge in [-0.3, -0.25) is 0 Å². The van der Waals surface area contributed by atoms with E-state index in [4.69, 9.17) is 13.9 Å². The van der Waals surface area contributed by atoms with Crippen molar-refractivity contribution in [2.45, 2.75) is 13.1 Å². The van der Waals surface area contributed by atoms with Crippen molar-refractivity contribution in [3.8, 4) is 22.8 Å². The third-order valence-corrected chi connectivity index (χ3v) is 4.45. The van der Waals surface area contributed by atoms with Crippen molar-refractivity contribution in [3.63, 3.8) is 0 Å². The molecule has 0 spiro atoms. The van der Waals surface area contributed by atoms with Gasteiger partial charge in [0.05, 0.1) is 5.56 Å². The largest absolute Gasteiger partial charge is 0.457 e. The second kappa shape index (κ2) is 10.1. The molecule has 8 heteroatoms. The number of alkyl halides is 3. The zero-order chi connectivity index (χ0) is 24.9. The van der Waals surface area contributed by atoms with Gasteiger partial charge in [-0.2, -0.15) is 13.2 Å². The van der Waals surface area contributed by atoms with Crippen LogP contribution in [-0.4, -0.2) is 11.9 Å². The summed E-state index contributed by atoms with van der Waals surface area (Å²) in [6, 6.07) is 12.7. The van der Waals surface area contributed by atoms with Gasteiger partial charge in [0.1, 0.15) is 23.0 Å². The van der Waals surface area contributed by atoms with Crippen LogP contribution in [-0.2, 0) is 15.8 Å². The zero-order valence-corrected chi connectivity index (χ0v) is 18.0. The smallest absolute Gasteiger partial charge is 0.417 e. The first-order valence-corrected chi connectivity index (χ1v) is 9.88. The molecule has 0 amide bonds. The summed E-state index contributed by atoms with van der Waals surface area (Å²) in [6.45, 7) is 8.12. The van der Waals surface area contributed by atoms with E-state index in [0.717, 1.165) is 17.7 Å². The van der Waals surface area contributed by atoms with Crippen LogP contribution in [0.1, 0.15) is 23.8 Å². The molecular formula is C26H19F3O5. The van der Waals surface area contributed by atoms with E-state index >= 15 is 0 Å². The topological polar surface area (TPSA) is 65.7 Å². The molecule has 0 N–H and O–H groups in total. The lowest BCUT2D eigenvalue weighted by molar-refractivity contribution is -0.138. The first-order valence-electron chi connectivity index (χ1n) is 9.88. The Morgan fingerprint density at radius 2 is 1.62 bits per heavy atom. The summed E-state index contributed by atoms with van der Waals surface area (Å²) in [5, 5.41) is 0. The Labute approximate surface area is 193 Å². The summed E-state index contributed by atoms with van der Waals surface area (Å²) in [4.78, 5) is 22.9. The van der Waals surface area contributed by atoms with Crippen molar-refractivity contribution >= 4 is 24.1 Å². The van der Waals surface area contributed by atoms with Crippen molar-refractivity contribution in [2.24, 2.45) is 0 Å². The predicted molar refractivity (Wildman–Crippen MR) is 121 cm³/mol. The average molecular weight is 468 g/mol. The maximum absolute atomic E-state index is 13.7. The molecule has 5 nitrogen and oxygen atoms in total. The molecule has 0 unspecified atom stereocenters. The molecule has 1 aromatic heterocycles. The normalized spacial score (nSPS) is 11.3. The molecule has 0 saturated heterocycles. The molecule has 1 heterocycles. The number of benzene rings is 2. The van der Waals surface area contributed by atoms with Crippen LogP contribution in [0, 0.1) is 0 Å². The fourth-order valence-corrected chi connectivity index (χ4v) is 2.80. The fraction of sp³-hybridized carbons (Fsp3) is 0.0769. The van der Waals surface area contributed by atoms with Crippen LogP contribution in [0.5, 0.6) is 11.5 Å². The summed E-state index contributed by atoms with van der Waals surface area (Å²) < 4.78 is 56.5. The van der Waals surface area contributed by atoms with E-state index in [1.54, 1.807) is 36.4 Å². The van der Waals surface area contributed by atoms with Gasteiger partial charge in [0.25, 0.3) is 0 Å². The highest BCUT2D eigenvalue weighted by atomic mass is 19.4. The van der Waals surface area contributed by atoms with E-state index in [9.17, 15) is 22.8 Å². The third kappa shape index (κ3) is 6.13. The van der Waals surface area contributed by atoms with Gasteiger partial charge in [-0.25, -0.2) is 9.59 Å². The predicted octanol–water partition coefficient (Wildman–Crippen LogP) is 6.71. The molecule has 3 aromatic rings. The Hall–Kier alpha value is -4.33. The van der Waals surface area contributed by atoms with Crippen LogP contribution in [0.15, 0.2) is 83.8 Å². The van der Waals surface area contributed by atoms with E-state index in [0.29, 0.717) is 11.5 Å². The molecule has 0 aliphatic carbocycles. The molecule has 0 bridgehead atoms. The van der Waals surface area contributed by atoms with E-state index in [2.05, 4.69) is 13.2 Å². The van der Waals surface area contributed by atoms with Gasteiger partial charge in [-0.15, -0.1) is 0 Å². The Balaban J connectivity index is 1.82. The Morgan fingerprint density at radius 1 is 0.941 bits per heavy atom. The summed E-state index contributed by atoms with van der Waals surface area (Å²) in [7, 11) is 0. The van der Waals surface area contributed by atoms with Gasteiger partial charge < -0.3 is 13.9 Å². The molecule has 0 radical (unpaired) electrons. The summed E-state index contributed by atoms with van der Waals surface area (Å²) in [6.07, 6.45) is -0.382. The third-order valence-electron chi connectivity index (χ3n) is 4.45. The number of esters is 2. The first-order chi connectivity index (χ1) is 16.1. The van der Waals surface area contributed by atoms with Crippen molar-refractivity contribution in [1.29, 1.82) is 0 Å². The molecule has 0 atom stereocenters. The minimum absolute atomic E-state index is 0.00330. The molecule has 0 aliphatic heterocycles. The first kappa shape index (κ1) is 24.3. The van der Waals surface area contributed by atoms with E-state index in [1.165, 1.54) is 31.2 Å². The Kier molecular flexibility index (Phi) is 7.21.